The summed E-state index contributed by atoms with van der Waals surface area (Å²) in [5, 5.41) is 1.24. The van der Waals surface area contributed by atoms with Crippen LogP contribution in [0.15, 0.2) is 82.8 Å². The molecule has 1 heterocycles. The van der Waals surface area contributed by atoms with Gasteiger partial charge in [-0.2, -0.15) is 0 Å². The first-order valence-electron chi connectivity index (χ1n) is 11.5. The molecule has 7 heteroatoms. The normalized spacial score (nSPS) is 15.3. The van der Waals surface area contributed by atoms with E-state index in [-0.39, 0.29) is 5.57 Å². The van der Waals surface area contributed by atoms with Crippen LogP contribution in [0.2, 0.25) is 0 Å². The number of nitrogens with one attached hydrogen (secondary N) is 1. The molecule has 0 radical (unpaired) electrons. The van der Waals surface area contributed by atoms with Crippen molar-refractivity contribution < 1.29 is 19.1 Å². The van der Waals surface area contributed by atoms with E-state index < -0.39 is 11.8 Å². The predicted octanol–water partition coefficient (Wildman–Crippen LogP) is 5.88. The third-order valence-corrected chi connectivity index (χ3v) is 6.34. The number of halogens is 1. The number of hydrazine groups is 1. The van der Waals surface area contributed by atoms with E-state index in [0.29, 0.717) is 36.1 Å². The smallest absolute Gasteiger partial charge is 0.282 e. The first-order valence-corrected chi connectivity index (χ1v) is 12.3. The topological polar surface area (TPSA) is 67.9 Å². The first kappa shape index (κ1) is 24.5. The molecular formula is C28H27BrN2O4. The Balaban J connectivity index is 1.42. The maximum Gasteiger partial charge on any atom is 0.282 e. The zero-order valence-corrected chi connectivity index (χ0v) is 21.2. The molecule has 0 spiro atoms. The fourth-order valence-electron chi connectivity index (χ4n) is 3.67. The summed E-state index contributed by atoms with van der Waals surface area (Å²) in [4.78, 5) is 25.5. The Labute approximate surface area is 213 Å². The van der Waals surface area contributed by atoms with Gasteiger partial charge in [-0.15, -0.1) is 0 Å². The number of carbonyl (C=O) groups excluding carboxylic acids is 2. The lowest BCUT2D eigenvalue weighted by Gasteiger charge is -2.14. The first-order chi connectivity index (χ1) is 17.0. The van der Waals surface area contributed by atoms with Crippen LogP contribution in [0.3, 0.4) is 0 Å². The molecule has 0 saturated carbocycles. The van der Waals surface area contributed by atoms with Crippen molar-refractivity contribution in [2.45, 2.75) is 26.2 Å². The fraction of sp³-hybridized carbons (Fsp3) is 0.214. The van der Waals surface area contributed by atoms with Crippen molar-refractivity contribution in [3.05, 3.63) is 94.0 Å². The second-order valence-electron chi connectivity index (χ2n) is 8.23. The SMILES string of the molecule is CC[C@@H](C)c1ccc(OCCOc2ccc(Br)cc2/C=C2\C(=O)NN(c3ccccc3)C2=O)cc1. The molecule has 180 valence electrons. The van der Waals surface area contributed by atoms with Crippen LogP contribution < -0.4 is 19.9 Å². The fourth-order valence-corrected chi connectivity index (χ4v) is 4.05. The number of ether oxygens (including phenoxy) is 2. The summed E-state index contributed by atoms with van der Waals surface area (Å²) < 4.78 is 12.6. The van der Waals surface area contributed by atoms with Gasteiger partial charge in [-0.25, -0.2) is 5.01 Å². The lowest BCUT2D eigenvalue weighted by molar-refractivity contribution is -0.117. The van der Waals surface area contributed by atoms with Crippen molar-refractivity contribution in [2.75, 3.05) is 18.2 Å². The van der Waals surface area contributed by atoms with Crippen molar-refractivity contribution in [2.24, 2.45) is 0 Å². The van der Waals surface area contributed by atoms with Gasteiger partial charge in [-0.05, 0) is 66.4 Å². The summed E-state index contributed by atoms with van der Waals surface area (Å²) in [5.41, 5.74) is 5.15. The van der Waals surface area contributed by atoms with Crippen molar-refractivity contribution in [3.63, 3.8) is 0 Å². The minimum Gasteiger partial charge on any atom is -0.490 e. The molecule has 2 amide bonds. The molecule has 3 aromatic rings. The molecule has 0 aliphatic carbocycles. The third-order valence-electron chi connectivity index (χ3n) is 5.85. The summed E-state index contributed by atoms with van der Waals surface area (Å²) in [5.74, 6) is 0.972. The number of benzene rings is 3. The maximum atomic E-state index is 12.9. The van der Waals surface area contributed by atoms with E-state index >= 15 is 0 Å². The van der Waals surface area contributed by atoms with Gasteiger partial charge in [-0.1, -0.05) is 60.1 Å². The van der Waals surface area contributed by atoms with E-state index in [4.69, 9.17) is 9.47 Å². The molecule has 3 aromatic carbocycles. The number of para-hydroxylation sites is 1. The van der Waals surface area contributed by atoms with Crippen LogP contribution in [-0.4, -0.2) is 25.0 Å². The molecule has 0 aromatic heterocycles. The lowest BCUT2D eigenvalue weighted by Crippen LogP contribution is -2.35. The van der Waals surface area contributed by atoms with E-state index in [2.05, 4.69) is 47.3 Å². The van der Waals surface area contributed by atoms with Crippen molar-refractivity contribution >= 4 is 39.5 Å². The number of nitrogens with zero attached hydrogens (tertiary/aromatic N) is 1. The monoisotopic (exact) mass is 534 g/mol. The summed E-state index contributed by atoms with van der Waals surface area (Å²) >= 11 is 3.45. The highest BCUT2D eigenvalue weighted by atomic mass is 79.9. The Bertz CT molecular complexity index is 1230. The van der Waals surface area contributed by atoms with Gasteiger partial charge < -0.3 is 9.47 Å². The number of hydrogen-bond donors (Lipinski definition) is 1. The van der Waals surface area contributed by atoms with E-state index in [9.17, 15) is 9.59 Å². The van der Waals surface area contributed by atoms with Crippen molar-refractivity contribution in [1.29, 1.82) is 0 Å². The lowest BCUT2D eigenvalue weighted by atomic mass is 9.99. The van der Waals surface area contributed by atoms with E-state index in [0.717, 1.165) is 16.6 Å². The van der Waals surface area contributed by atoms with E-state index in [1.165, 1.54) is 10.6 Å². The molecule has 35 heavy (non-hydrogen) atoms. The number of amides is 2. The van der Waals surface area contributed by atoms with Gasteiger partial charge in [0.15, 0.2) is 0 Å². The summed E-state index contributed by atoms with van der Waals surface area (Å²) in [6.45, 7) is 5.04. The van der Waals surface area contributed by atoms with Crippen molar-refractivity contribution in [3.8, 4) is 11.5 Å². The zero-order chi connectivity index (χ0) is 24.8. The second kappa shape index (κ2) is 11.2. The molecule has 4 rings (SSSR count). The van der Waals surface area contributed by atoms with Crippen LogP contribution >= 0.6 is 15.9 Å². The molecule has 1 aliphatic rings. The van der Waals surface area contributed by atoms with E-state index in [1.54, 1.807) is 36.4 Å². The van der Waals surface area contributed by atoms with Gasteiger partial charge in [0.1, 0.15) is 30.3 Å². The average molecular weight is 535 g/mol. The summed E-state index contributed by atoms with van der Waals surface area (Å²) in [7, 11) is 0. The molecule has 6 nitrogen and oxygen atoms in total. The summed E-state index contributed by atoms with van der Waals surface area (Å²) in [6, 6.07) is 22.5. The van der Waals surface area contributed by atoms with Gasteiger partial charge in [-0.3, -0.25) is 15.0 Å². The van der Waals surface area contributed by atoms with Crippen LogP contribution in [0.5, 0.6) is 11.5 Å². The molecular weight excluding hydrogens is 508 g/mol. The number of rotatable bonds is 9. The van der Waals surface area contributed by atoms with Crippen LogP contribution in [-0.2, 0) is 9.59 Å². The summed E-state index contributed by atoms with van der Waals surface area (Å²) in [6.07, 6.45) is 2.65. The predicted molar refractivity (Wildman–Crippen MR) is 140 cm³/mol. The number of anilines is 1. The third kappa shape index (κ3) is 5.92. The van der Waals surface area contributed by atoms with Gasteiger partial charge >= 0.3 is 0 Å². The highest BCUT2D eigenvalue weighted by Crippen LogP contribution is 2.28. The van der Waals surface area contributed by atoms with Gasteiger partial charge in [0.25, 0.3) is 11.8 Å². The van der Waals surface area contributed by atoms with Crippen LogP contribution in [0.25, 0.3) is 6.08 Å². The molecule has 0 bridgehead atoms. The number of hydrogen-bond acceptors (Lipinski definition) is 4. The highest BCUT2D eigenvalue weighted by molar-refractivity contribution is 9.10. The Morgan fingerprint density at radius 2 is 1.69 bits per heavy atom. The molecule has 0 unspecified atom stereocenters. The Morgan fingerprint density at radius 3 is 2.40 bits per heavy atom. The van der Waals surface area contributed by atoms with Crippen LogP contribution in [0.1, 0.15) is 37.3 Å². The van der Waals surface area contributed by atoms with Crippen LogP contribution in [0, 0.1) is 0 Å². The maximum absolute atomic E-state index is 12.9. The quantitative estimate of drug-likeness (QED) is 0.211. The van der Waals surface area contributed by atoms with Gasteiger partial charge in [0.05, 0.1) is 5.69 Å². The molecule has 1 aliphatic heterocycles. The second-order valence-corrected chi connectivity index (χ2v) is 9.15. The minimum atomic E-state index is -0.464. The van der Waals surface area contributed by atoms with Gasteiger partial charge in [0, 0.05) is 10.0 Å². The Hall–Kier alpha value is -3.58. The molecule has 1 N–H and O–H groups in total. The van der Waals surface area contributed by atoms with Gasteiger partial charge in [0.2, 0.25) is 0 Å². The largest absolute Gasteiger partial charge is 0.490 e. The number of carbonyl (C=O) groups is 2. The average Bonchev–Trinajstić information content (AvgIpc) is 3.16. The Morgan fingerprint density at radius 1 is 0.971 bits per heavy atom. The van der Waals surface area contributed by atoms with Crippen LogP contribution in [0.4, 0.5) is 5.69 Å². The van der Waals surface area contributed by atoms with Crippen molar-refractivity contribution in [1.82, 2.24) is 5.43 Å². The molecule has 1 atom stereocenters. The zero-order valence-electron chi connectivity index (χ0n) is 19.7. The Kier molecular flexibility index (Phi) is 7.87. The van der Waals surface area contributed by atoms with E-state index in [1.807, 2.05) is 30.3 Å². The standard InChI is InChI=1S/C28H27BrN2O4/c1-3-19(2)20-9-12-24(13-10-20)34-15-16-35-26-14-11-22(29)17-21(26)18-25-27(32)30-31(28(25)33)23-7-5-4-6-8-23/h4-14,17-19H,3,15-16H2,1-2H3,(H,30,32)/b25-18+/t19-/m1/s1. The molecule has 1 saturated heterocycles. The minimum absolute atomic E-state index is 0.0365. The molecule has 1 fully saturated rings. The highest BCUT2D eigenvalue weighted by Gasteiger charge is 2.34.